The molecule has 0 saturated carbocycles. The van der Waals surface area contributed by atoms with Crippen LogP contribution in [0, 0.1) is 0 Å². The molecule has 2 heterocycles. The maximum atomic E-state index is 5.13. The summed E-state index contributed by atoms with van der Waals surface area (Å²) in [7, 11) is 0. The van der Waals surface area contributed by atoms with Gasteiger partial charge in [-0.2, -0.15) is 9.97 Å². The SMILES string of the molecule is CC1(c2ccccc2)c2ccccc2-c2cc3c(cc21)c1ccccc1n3-c1nc(-c2ccccc2)nc(-c2ccccc2)n1. The van der Waals surface area contributed by atoms with Gasteiger partial charge in [0.1, 0.15) is 0 Å². The molecule has 1 unspecified atom stereocenters. The fraction of sp³-hybridized carbons (Fsp3) is 0.0488. The summed E-state index contributed by atoms with van der Waals surface area (Å²) in [5.41, 5.74) is 10.2. The lowest BCUT2D eigenvalue weighted by molar-refractivity contribution is 0.715. The molecule has 0 fully saturated rings. The molecule has 8 aromatic rings. The highest BCUT2D eigenvalue weighted by atomic mass is 15.2. The first-order chi connectivity index (χ1) is 22.2. The summed E-state index contributed by atoms with van der Waals surface area (Å²) in [6.07, 6.45) is 0. The maximum Gasteiger partial charge on any atom is 0.238 e. The molecule has 0 spiro atoms. The van der Waals surface area contributed by atoms with Crippen LogP contribution in [0.15, 0.2) is 152 Å². The van der Waals surface area contributed by atoms with E-state index < -0.39 is 0 Å². The molecular weight excluding hydrogens is 548 g/mol. The molecule has 0 saturated heterocycles. The Morgan fingerprint density at radius 1 is 0.467 bits per heavy atom. The Bertz CT molecular complexity index is 2320. The van der Waals surface area contributed by atoms with Crippen molar-refractivity contribution in [3.63, 3.8) is 0 Å². The standard InChI is InChI=1S/C41H28N4/c1-41(29-19-9-4-10-20-29)34-23-13-11-21-30(34)32-26-37-33(25-35(32)41)31-22-12-14-24-36(31)45(37)40-43-38(27-15-5-2-6-16-27)42-39(44-40)28-17-7-3-8-18-28/h2-26H,1H3. The Hall–Kier alpha value is -5.87. The molecule has 1 atom stereocenters. The van der Waals surface area contributed by atoms with Gasteiger partial charge in [0.2, 0.25) is 5.95 Å². The van der Waals surface area contributed by atoms with E-state index in [1.165, 1.54) is 38.6 Å². The van der Waals surface area contributed by atoms with Crippen LogP contribution in [-0.2, 0) is 5.41 Å². The molecule has 212 valence electrons. The molecule has 6 aromatic carbocycles. The lowest BCUT2D eigenvalue weighted by Gasteiger charge is -2.28. The molecule has 0 bridgehead atoms. The van der Waals surface area contributed by atoms with Gasteiger partial charge in [0, 0.05) is 27.3 Å². The van der Waals surface area contributed by atoms with Gasteiger partial charge in [0.15, 0.2) is 11.6 Å². The normalized spacial score (nSPS) is 15.3. The molecular formula is C41H28N4. The van der Waals surface area contributed by atoms with Crippen LogP contribution in [0.2, 0.25) is 0 Å². The van der Waals surface area contributed by atoms with Crippen molar-refractivity contribution in [3.05, 3.63) is 168 Å². The van der Waals surface area contributed by atoms with Gasteiger partial charge in [0.25, 0.3) is 0 Å². The number of benzene rings is 6. The summed E-state index contributed by atoms with van der Waals surface area (Å²) >= 11 is 0. The Morgan fingerprint density at radius 3 is 1.73 bits per heavy atom. The van der Waals surface area contributed by atoms with Crippen molar-refractivity contribution in [1.29, 1.82) is 0 Å². The second-order valence-corrected chi connectivity index (χ2v) is 11.8. The van der Waals surface area contributed by atoms with Gasteiger partial charge >= 0.3 is 0 Å². The maximum absolute atomic E-state index is 5.13. The van der Waals surface area contributed by atoms with Gasteiger partial charge in [-0.15, -0.1) is 0 Å². The van der Waals surface area contributed by atoms with E-state index in [1.54, 1.807) is 0 Å². The summed E-state index contributed by atoms with van der Waals surface area (Å²) in [6.45, 7) is 2.36. The van der Waals surface area contributed by atoms with Crippen LogP contribution in [0.1, 0.15) is 23.6 Å². The van der Waals surface area contributed by atoms with E-state index >= 15 is 0 Å². The lowest BCUT2D eigenvalue weighted by atomic mass is 9.74. The smallest absolute Gasteiger partial charge is 0.238 e. The summed E-state index contributed by atoms with van der Waals surface area (Å²) in [4.78, 5) is 15.2. The number of para-hydroxylation sites is 1. The van der Waals surface area contributed by atoms with Crippen molar-refractivity contribution >= 4 is 21.8 Å². The van der Waals surface area contributed by atoms with E-state index in [0.29, 0.717) is 17.6 Å². The quantitative estimate of drug-likeness (QED) is 0.210. The molecule has 1 aliphatic rings. The monoisotopic (exact) mass is 576 g/mol. The Labute approximate surface area is 261 Å². The van der Waals surface area contributed by atoms with E-state index in [-0.39, 0.29) is 5.41 Å². The highest BCUT2D eigenvalue weighted by Gasteiger charge is 2.41. The van der Waals surface area contributed by atoms with Crippen molar-refractivity contribution in [3.8, 4) is 39.9 Å². The molecule has 0 radical (unpaired) electrons. The fourth-order valence-electron chi connectivity index (χ4n) is 7.15. The van der Waals surface area contributed by atoms with Gasteiger partial charge in [-0.1, -0.05) is 133 Å². The fourth-order valence-corrected chi connectivity index (χ4v) is 7.15. The Balaban J connectivity index is 1.37. The minimum absolute atomic E-state index is 0.279. The average Bonchev–Trinajstić information content (AvgIpc) is 3.58. The van der Waals surface area contributed by atoms with Crippen molar-refractivity contribution in [2.24, 2.45) is 0 Å². The van der Waals surface area contributed by atoms with Crippen LogP contribution < -0.4 is 0 Å². The summed E-state index contributed by atoms with van der Waals surface area (Å²) < 4.78 is 2.21. The summed E-state index contributed by atoms with van der Waals surface area (Å²) in [6, 6.07) is 53.3. The lowest BCUT2D eigenvalue weighted by Crippen LogP contribution is -2.22. The van der Waals surface area contributed by atoms with E-state index in [0.717, 1.165) is 22.2 Å². The predicted molar refractivity (Wildman–Crippen MR) is 182 cm³/mol. The highest BCUT2D eigenvalue weighted by molar-refractivity contribution is 6.11. The van der Waals surface area contributed by atoms with Crippen molar-refractivity contribution in [1.82, 2.24) is 19.5 Å². The van der Waals surface area contributed by atoms with Gasteiger partial charge < -0.3 is 0 Å². The Kier molecular flexibility index (Phi) is 5.59. The molecule has 4 nitrogen and oxygen atoms in total. The number of rotatable bonds is 4. The number of nitrogens with zero attached hydrogens (tertiary/aromatic N) is 4. The van der Waals surface area contributed by atoms with Crippen LogP contribution in [0.3, 0.4) is 0 Å². The molecule has 45 heavy (non-hydrogen) atoms. The van der Waals surface area contributed by atoms with Crippen LogP contribution >= 0.6 is 0 Å². The molecule has 0 aliphatic heterocycles. The third-order valence-corrected chi connectivity index (χ3v) is 9.35. The number of aromatic nitrogens is 4. The topological polar surface area (TPSA) is 43.6 Å². The van der Waals surface area contributed by atoms with Gasteiger partial charge in [-0.25, -0.2) is 4.98 Å². The summed E-state index contributed by atoms with van der Waals surface area (Å²) in [5.74, 6) is 1.90. The van der Waals surface area contributed by atoms with Crippen molar-refractivity contribution in [2.75, 3.05) is 0 Å². The van der Waals surface area contributed by atoms with E-state index in [2.05, 4.69) is 102 Å². The van der Waals surface area contributed by atoms with Gasteiger partial charge in [0.05, 0.1) is 11.0 Å². The number of fused-ring (bicyclic) bond motifs is 6. The van der Waals surface area contributed by atoms with Crippen LogP contribution in [0.5, 0.6) is 0 Å². The van der Waals surface area contributed by atoms with E-state index in [1.807, 2.05) is 60.7 Å². The van der Waals surface area contributed by atoms with Gasteiger partial charge in [-0.3, -0.25) is 4.57 Å². The van der Waals surface area contributed by atoms with Crippen molar-refractivity contribution < 1.29 is 0 Å². The zero-order valence-corrected chi connectivity index (χ0v) is 24.7. The number of hydrogen-bond donors (Lipinski definition) is 0. The molecule has 0 amide bonds. The third-order valence-electron chi connectivity index (χ3n) is 9.35. The zero-order chi connectivity index (χ0) is 30.0. The highest BCUT2D eigenvalue weighted by Crippen LogP contribution is 2.54. The van der Waals surface area contributed by atoms with Gasteiger partial charge in [-0.05, 0) is 52.9 Å². The second-order valence-electron chi connectivity index (χ2n) is 11.8. The first-order valence-electron chi connectivity index (χ1n) is 15.3. The predicted octanol–water partition coefficient (Wildman–Crippen LogP) is 9.64. The van der Waals surface area contributed by atoms with Crippen LogP contribution in [0.25, 0.3) is 61.7 Å². The van der Waals surface area contributed by atoms with Crippen molar-refractivity contribution in [2.45, 2.75) is 12.3 Å². The minimum Gasteiger partial charge on any atom is -0.278 e. The first-order valence-corrected chi connectivity index (χ1v) is 15.3. The molecule has 1 aliphatic carbocycles. The van der Waals surface area contributed by atoms with E-state index in [4.69, 9.17) is 15.0 Å². The van der Waals surface area contributed by atoms with E-state index in [9.17, 15) is 0 Å². The number of hydrogen-bond acceptors (Lipinski definition) is 3. The molecule has 2 aromatic heterocycles. The Morgan fingerprint density at radius 2 is 1.04 bits per heavy atom. The third kappa shape index (κ3) is 3.82. The first kappa shape index (κ1) is 25.6. The molecule has 4 heteroatoms. The van der Waals surface area contributed by atoms with Crippen LogP contribution in [-0.4, -0.2) is 19.5 Å². The largest absolute Gasteiger partial charge is 0.278 e. The molecule has 0 N–H and O–H groups in total. The molecule has 9 rings (SSSR count). The summed E-state index contributed by atoms with van der Waals surface area (Å²) in [5, 5.41) is 2.35. The van der Waals surface area contributed by atoms with Crippen LogP contribution in [0.4, 0.5) is 0 Å². The second kappa shape index (κ2) is 9.83. The minimum atomic E-state index is -0.279. The zero-order valence-electron chi connectivity index (χ0n) is 24.7. The average molecular weight is 577 g/mol.